The fraction of sp³-hybridized carbons (Fsp3) is 0.130. The van der Waals surface area contributed by atoms with Crippen molar-refractivity contribution >= 4 is 48.0 Å². The minimum Gasteiger partial charge on any atom is -0.495 e. The van der Waals surface area contributed by atoms with Crippen LogP contribution in [0.4, 0.5) is 24.5 Å². The summed E-state index contributed by atoms with van der Waals surface area (Å²) in [7, 11) is 1.05. The Morgan fingerprint density at radius 2 is 1.82 bits per heavy atom. The van der Waals surface area contributed by atoms with Gasteiger partial charge >= 0.3 is 6.18 Å². The first-order valence-electron chi connectivity index (χ1n) is 9.49. The zero-order valence-corrected chi connectivity index (χ0v) is 19.0. The molecule has 0 atom stereocenters. The largest absolute Gasteiger partial charge is 0.495 e. The van der Waals surface area contributed by atoms with E-state index < -0.39 is 23.4 Å². The highest BCUT2D eigenvalue weighted by Gasteiger charge is 2.37. The molecule has 1 heterocycles. The fourth-order valence-electron chi connectivity index (χ4n) is 3.12. The second kappa shape index (κ2) is 10.2. The summed E-state index contributed by atoms with van der Waals surface area (Å²) in [4.78, 5) is 27.0. The number of alkyl halides is 3. The number of thiol groups is 1. The Kier molecular flexibility index (Phi) is 7.60. The smallest absolute Gasteiger partial charge is 0.420 e. The molecule has 10 heteroatoms. The van der Waals surface area contributed by atoms with Crippen molar-refractivity contribution in [2.45, 2.75) is 16.0 Å². The number of halogens is 3. The molecule has 1 aliphatic heterocycles. The lowest BCUT2D eigenvalue weighted by Gasteiger charge is -2.19. The number of ether oxygens (including phenoxy) is 1. The Morgan fingerprint density at radius 1 is 1.15 bits per heavy atom. The molecule has 0 fully saturated rings. The molecule has 0 bridgehead atoms. The molecule has 0 saturated carbocycles. The number of methoxy groups -OCH3 is 1. The van der Waals surface area contributed by atoms with E-state index in [0.29, 0.717) is 11.6 Å². The van der Waals surface area contributed by atoms with Crippen molar-refractivity contribution < 1.29 is 27.5 Å². The van der Waals surface area contributed by atoms with Gasteiger partial charge in [0, 0.05) is 21.0 Å². The molecular formula is C23H19F3N2O3S2. The SMILES string of the molecule is COc1c(C=O)cc(C(=O)N2CSc3ccccc32)cc1C(F)(F)F.Nc1ccccc1S. The molecule has 3 aromatic rings. The lowest BCUT2D eigenvalue weighted by Crippen LogP contribution is -2.28. The van der Waals surface area contributed by atoms with Crippen molar-refractivity contribution in [3.63, 3.8) is 0 Å². The van der Waals surface area contributed by atoms with Gasteiger partial charge < -0.3 is 10.5 Å². The molecular weight excluding hydrogens is 473 g/mol. The summed E-state index contributed by atoms with van der Waals surface area (Å²) in [6.07, 6.45) is -4.51. The molecule has 33 heavy (non-hydrogen) atoms. The summed E-state index contributed by atoms with van der Waals surface area (Å²) in [6, 6.07) is 16.4. The number of para-hydroxylation sites is 2. The predicted molar refractivity (Wildman–Crippen MR) is 125 cm³/mol. The lowest BCUT2D eigenvalue weighted by molar-refractivity contribution is -0.138. The van der Waals surface area contributed by atoms with Crippen molar-refractivity contribution in [1.82, 2.24) is 0 Å². The average molecular weight is 493 g/mol. The number of anilines is 2. The average Bonchev–Trinajstić information content (AvgIpc) is 3.23. The molecule has 0 radical (unpaired) electrons. The van der Waals surface area contributed by atoms with E-state index in [9.17, 15) is 22.8 Å². The molecule has 0 aromatic heterocycles. The quantitative estimate of drug-likeness (QED) is 0.275. The van der Waals surface area contributed by atoms with E-state index in [1.54, 1.807) is 12.1 Å². The molecule has 2 N–H and O–H groups in total. The number of carbonyl (C=O) groups excluding carboxylic acids is 2. The van der Waals surface area contributed by atoms with Gasteiger partial charge in [-0.2, -0.15) is 13.2 Å². The molecule has 0 saturated heterocycles. The molecule has 0 spiro atoms. The van der Waals surface area contributed by atoms with Gasteiger partial charge in [-0.25, -0.2) is 0 Å². The number of nitrogens with two attached hydrogens (primary N) is 1. The number of rotatable bonds is 3. The van der Waals surface area contributed by atoms with Crippen LogP contribution in [-0.2, 0) is 6.18 Å². The molecule has 0 aliphatic carbocycles. The first-order chi connectivity index (χ1) is 15.7. The van der Waals surface area contributed by atoms with Crippen molar-refractivity contribution in [3.8, 4) is 5.75 Å². The molecule has 172 valence electrons. The van der Waals surface area contributed by atoms with Crippen LogP contribution >= 0.6 is 24.4 Å². The standard InChI is InChI=1S/C17H12F3NO3S.C6H7NS/c1-24-15-11(8-22)6-10(7-12(15)17(18,19)20)16(23)21-9-25-14-5-3-2-4-13(14)21;7-5-3-1-2-4-6(5)8/h2-8H,9H2,1H3;1-4,8H,7H2. The van der Waals surface area contributed by atoms with E-state index in [1.165, 1.54) is 16.7 Å². The molecule has 3 aromatic carbocycles. The number of nitrogen functional groups attached to an aromatic ring is 1. The van der Waals surface area contributed by atoms with Crippen LogP contribution in [0.2, 0.25) is 0 Å². The zero-order chi connectivity index (χ0) is 24.2. The first-order valence-corrected chi connectivity index (χ1v) is 10.9. The number of amides is 1. The van der Waals surface area contributed by atoms with Crippen molar-refractivity contribution in [2.75, 3.05) is 23.6 Å². The van der Waals surface area contributed by atoms with Crippen LogP contribution in [0.15, 0.2) is 70.5 Å². The zero-order valence-electron chi connectivity index (χ0n) is 17.3. The minimum absolute atomic E-state index is 0.215. The van der Waals surface area contributed by atoms with Crippen LogP contribution in [0.3, 0.4) is 0 Å². The minimum atomic E-state index is -4.75. The van der Waals surface area contributed by atoms with Gasteiger partial charge in [0.1, 0.15) is 5.75 Å². The van der Waals surface area contributed by atoms with Crippen molar-refractivity contribution in [3.05, 3.63) is 77.4 Å². The van der Waals surface area contributed by atoms with Crippen LogP contribution in [-0.4, -0.2) is 25.2 Å². The van der Waals surface area contributed by atoms with E-state index in [-0.39, 0.29) is 17.4 Å². The summed E-state index contributed by atoms with van der Waals surface area (Å²) < 4.78 is 44.6. The highest BCUT2D eigenvalue weighted by molar-refractivity contribution is 8.00. The molecule has 4 rings (SSSR count). The highest BCUT2D eigenvalue weighted by Crippen LogP contribution is 2.41. The third-order valence-electron chi connectivity index (χ3n) is 4.69. The van der Waals surface area contributed by atoms with E-state index in [2.05, 4.69) is 12.6 Å². The molecule has 0 unspecified atom stereocenters. The van der Waals surface area contributed by atoms with Gasteiger partial charge in [-0.1, -0.05) is 24.3 Å². The second-order valence-corrected chi connectivity index (χ2v) is 8.26. The van der Waals surface area contributed by atoms with E-state index in [4.69, 9.17) is 10.5 Å². The number of benzene rings is 3. The van der Waals surface area contributed by atoms with Gasteiger partial charge in [0.25, 0.3) is 5.91 Å². The monoisotopic (exact) mass is 492 g/mol. The van der Waals surface area contributed by atoms with E-state index in [1.807, 2.05) is 36.4 Å². The maximum atomic E-state index is 13.3. The number of aldehydes is 1. The Hall–Kier alpha value is -3.11. The molecule has 1 amide bonds. The number of nitrogens with zero attached hydrogens (tertiary/aromatic N) is 1. The van der Waals surface area contributed by atoms with Crippen molar-refractivity contribution in [2.24, 2.45) is 0 Å². The number of hydrogen-bond acceptors (Lipinski definition) is 6. The third kappa shape index (κ3) is 5.45. The Labute approximate surface area is 198 Å². The summed E-state index contributed by atoms with van der Waals surface area (Å²) in [5.41, 5.74) is 5.13. The van der Waals surface area contributed by atoms with Gasteiger partial charge in [-0.3, -0.25) is 14.5 Å². The van der Waals surface area contributed by atoms with Gasteiger partial charge in [-0.15, -0.1) is 24.4 Å². The number of carbonyl (C=O) groups is 2. The highest BCUT2D eigenvalue weighted by atomic mass is 32.2. The van der Waals surface area contributed by atoms with Crippen molar-refractivity contribution in [1.29, 1.82) is 0 Å². The summed E-state index contributed by atoms with van der Waals surface area (Å²) in [5.74, 6) is -0.897. The molecule has 1 aliphatic rings. The first kappa shape index (κ1) is 24.5. The van der Waals surface area contributed by atoms with Crippen LogP contribution in [0.5, 0.6) is 5.75 Å². The van der Waals surface area contributed by atoms with Crippen LogP contribution in [0.25, 0.3) is 0 Å². The number of fused-ring (bicyclic) bond motifs is 1. The summed E-state index contributed by atoms with van der Waals surface area (Å²) in [5, 5.41) is 0. The number of thioether (sulfide) groups is 1. The summed E-state index contributed by atoms with van der Waals surface area (Å²) >= 11 is 5.49. The Bertz CT molecular complexity index is 1160. The predicted octanol–water partition coefficient (Wildman–Crippen LogP) is 5.79. The fourth-order valence-corrected chi connectivity index (χ4v) is 4.30. The Balaban J connectivity index is 0.000000323. The van der Waals surface area contributed by atoms with Gasteiger partial charge in [0.05, 0.1) is 29.8 Å². The second-order valence-electron chi connectivity index (χ2n) is 6.80. The lowest BCUT2D eigenvalue weighted by atomic mass is 10.0. The number of hydrogen-bond donors (Lipinski definition) is 2. The van der Waals surface area contributed by atoms with E-state index in [0.717, 1.165) is 34.7 Å². The third-order valence-corrected chi connectivity index (χ3v) is 6.14. The Morgan fingerprint density at radius 3 is 2.39 bits per heavy atom. The maximum absolute atomic E-state index is 13.3. The topological polar surface area (TPSA) is 72.6 Å². The van der Waals surface area contributed by atoms with Crippen LogP contribution in [0, 0.1) is 0 Å². The normalized spacial score (nSPS) is 12.5. The molecule has 5 nitrogen and oxygen atoms in total. The van der Waals surface area contributed by atoms with Gasteiger partial charge in [0.2, 0.25) is 0 Å². The maximum Gasteiger partial charge on any atom is 0.420 e. The van der Waals surface area contributed by atoms with E-state index >= 15 is 0 Å². The van der Waals surface area contributed by atoms with Crippen LogP contribution < -0.4 is 15.4 Å². The van der Waals surface area contributed by atoms with Gasteiger partial charge in [-0.05, 0) is 36.4 Å². The van der Waals surface area contributed by atoms with Gasteiger partial charge in [0.15, 0.2) is 6.29 Å². The summed E-state index contributed by atoms with van der Waals surface area (Å²) in [6.45, 7) is 0. The van der Waals surface area contributed by atoms with Crippen LogP contribution in [0.1, 0.15) is 26.3 Å².